The summed E-state index contributed by atoms with van der Waals surface area (Å²) in [7, 11) is -2.47. The summed E-state index contributed by atoms with van der Waals surface area (Å²) in [5, 5.41) is 1.58. The summed E-state index contributed by atoms with van der Waals surface area (Å²) in [4.78, 5) is 4.12. The van der Waals surface area contributed by atoms with Crippen molar-refractivity contribution in [2.45, 2.75) is 4.90 Å². The molecule has 0 aliphatic rings. The largest absolute Gasteiger partial charge is 0.479 e. The van der Waals surface area contributed by atoms with E-state index in [1.807, 2.05) is 12.1 Å². The predicted octanol–water partition coefficient (Wildman–Crippen LogP) is 4.46. The third kappa shape index (κ3) is 3.19. The van der Waals surface area contributed by atoms with Crippen LogP contribution in [0.25, 0.3) is 10.8 Å². The minimum absolute atomic E-state index is 0.0904. The zero-order chi connectivity index (χ0) is 17.3. The van der Waals surface area contributed by atoms with Crippen molar-refractivity contribution in [1.82, 2.24) is 4.98 Å². The van der Waals surface area contributed by atoms with Crippen LogP contribution in [0.3, 0.4) is 0 Å². The fraction of sp³-hybridized carbons (Fsp3) is 0.0625. The number of halogens is 2. The average molecular weight is 428 g/mol. The van der Waals surface area contributed by atoms with Crippen molar-refractivity contribution in [2.75, 3.05) is 11.8 Å². The average Bonchev–Trinajstić information content (AvgIpc) is 2.54. The Morgan fingerprint density at radius 3 is 2.62 bits per heavy atom. The fourth-order valence-corrected chi connectivity index (χ4v) is 4.32. The molecule has 24 heavy (non-hydrogen) atoms. The summed E-state index contributed by atoms with van der Waals surface area (Å²) in [5.41, 5.74) is 0.232. The molecule has 0 amide bonds. The molecule has 0 unspecified atom stereocenters. The van der Waals surface area contributed by atoms with Gasteiger partial charge in [0.2, 0.25) is 5.88 Å². The first-order valence-corrected chi connectivity index (χ1v) is 9.47. The quantitative estimate of drug-likeness (QED) is 0.667. The van der Waals surface area contributed by atoms with Gasteiger partial charge in [-0.05, 0) is 39.5 Å². The first-order chi connectivity index (χ1) is 11.4. The molecule has 0 radical (unpaired) electrons. The minimum atomic E-state index is -3.89. The first-order valence-electron chi connectivity index (χ1n) is 6.82. The number of methoxy groups -OCH3 is 1. The van der Waals surface area contributed by atoms with Crippen molar-refractivity contribution in [2.24, 2.45) is 0 Å². The lowest BCUT2D eigenvalue weighted by atomic mass is 10.1. The molecule has 1 aromatic heterocycles. The molecule has 0 atom stereocenters. The van der Waals surface area contributed by atoms with Crippen molar-refractivity contribution >= 4 is 54.0 Å². The van der Waals surface area contributed by atoms with E-state index in [9.17, 15) is 8.42 Å². The van der Waals surface area contributed by atoms with E-state index in [1.165, 1.54) is 19.4 Å². The summed E-state index contributed by atoms with van der Waals surface area (Å²) in [6.07, 6.45) is 1.52. The lowest BCUT2D eigenvalue weighted by molar-refractivity contribution is 0.400. The molecule has 0 saturated carbocycles. The van der Waals surface area contributed by atoms with Gasteiger partial charge in [-0.3, -0.25) is 4.72 Å². The van der Waals surface area contributed by atoms with E-state index in [0.717, 1.165) is 5.39 Å². The van der Waals surface area contributed by atoms with Crippen LogP contribution < -0.4 is 9.46 Å². The molecule has 0 fully saturated rings. The smallest absolute Gasteiger partial charge is 0.262 e. The Balaban J connectivity index is 2.15. The van der Waals surface area contributed by atoms with Gasteiger partial charge in [-0.1, -0.05) is 35.9 Å². The molecule has 0 aliphatic heterocycles. The van der Waals surface area contributed by atoms with Crippen LogP contribution in [0.5, 0.6) is 5.88 Å². The highest BCUT2D eigenvalue weighted by Crippen LogP contribution is 2.33. The Bertz CT molecular complexity index is 1020. The molecule has 1 heterocycles. The van der Waals surface area contributed by atoms with E-state index in [4.69, 9.17) is 16.3 Å². The van der Waals surface area contributed by atoms with Gasteiger partial charge >= 0.3 is 0 Å². The number of fused-ring (bicyclic) bond motifs is 1. The van der Waals surface area contributed by atoms with Gasteiger partial charge in [0.25, 0.3) is 10.0 Å². The number of nitrogens with zero attached hydrogens (tertiary/aromatic N) is 1. The van der Waals surface area contributed by atoms with Gasteiger partial charge < -0.3 is 4.74 Å². The van der Waals surface area contributed by atoms with Crippen LogP contribution in [0.1, 0.15) is 0 Å². The Morgan fingerprint density at radius 2 is 1.92 bits per heavy atom. The van der Waals surface area contributed by atoms with E-state index >= 15 is 0 Å². The Hall–Kier alpha value is -1.83. The van der Waals surface area contributed by atoms with Crippen LogP contribution in [-0.4, -0.2) is 20.5 Å². The molecule has 124 valence electrons. The fourth-order valence-electron chi connectivity index (χ4n) is 2.35. The SMILES string of the molecule is COc1ncc(Br)cc1NS(=O)(=O)c1cccc2cccc(Cl)c12. The highest BCUT2D eigenvalue weighted by atomic mass is 79.9. The molecule has 0 saturated heterocycles. The molecule has 0 bridgehead atoms. The zero-order valence-electron chi connectivity index (χ0n) is 12.5. The molecular formula is C16H12BrClN2O3S. The van der Waals surface area contributed by atoms with Gasteiger partial charge in [-0.25, -0.2) is 13.4 Å². The standard InChI is InChI=1S/C16H12BrClN2O3S/c1-23-16-13(8-11(17)9-19-16)20-24(21,22)14-7-3-5-10-4-2-6-12(18)15(10)14/h2-9,20H,1H3. The van der Waals surface area contributed by atoms with Gasteiger partial charge in [0, 0.05) is 21.1 Å². The molecule has 5 nitrogen and oxygen atoms in total. The predicted molar refractivity (Wildman–Crippen MR) is 98.3 cm³/mol. The Morgan fingerprint density at radius 1 is 1.21 bits per heavy atom. The van der Waals surface area contributed by atoms with Crippen molar-refractivity contribution in [3.8, 4) is 5.88 Å². The highest BCUT2D eigenvalue weighted by Gasteiger charge is 2.21. The Labute approximate surface area is 152 Å². The lowest BCUT2D eigenvalue weighted by Gasteiger charge is -2.13. The second-order valence-electron chi connectivity index (χ2n) is 4.91. The molecular weight excluding hydrogens is 416 g/mol. The van der Waals surface area contributed by atoms with Gasteiger partial charge in [0.15, 0.2) is 0 Å². The van der Waals surface area contributed by atoms with E-state index in [1.54, 1.807) is 24.3 Å². The summed E-state index contributed by atoms with van der Waals surface area (Å²) in [6, 6.07) is 11.8. The summed E-state index contributed by atoms with van der Waals surface area (Å²) in [5.74, 6) is 0.174. The maximum Gasteiger partial charge on any atom is 0.262 e. The number of ether oxygens (including phenoxy) is 1. The van der Waals surface area contributed by atoms with Crippen LogP contribution in [0.2, 0.25) is 5.02 Å². The molecule has 3 rings (SSSR count). The summed E-state index contributed by atoms with van der Waals surface area (Å²) >= 11 is 9.48. The third-order valence-electron chi connectivity index (χ3n) is 3.36. The van der Waals surface area contributed by atoms with Crippen molar-refractivity contribution in [3.05, 3.63) is 58.2 Å². The maximum absolute atomic E-state index is 12.9. The molecule has 0 spiro atoms. The molecule has 3 aromatic rings. The summed E-state index contributed by atoms with van der Waals surface area (Å²) < 4.78 is 34.0. The number of sulfonamides is 1. The van der Waals surface area contributed by atoms with Gasteiger partial charge in [-0.15, -0.1) is 0 Å². The number of rotatable bonds is 4. The second-order valence-corrected chi connectivity index (χ2v) is 7.88. The van der Waals surface area contributed by atoms with Crippen LogP contribution in [-0.2, 0) is 10.0 Å². The number of hydrogen-bond acceptors (Lipinski definition) is 4. The first kappa shape index (κ1) is 17.0. The van der Waals surface area contributed by atoms with Crippen molar-refractivity contribution in [1.29, 1.82) is 0 Å². The number of benzene rings is 2. The van der Waals surface area contributed by atoms with Crippen molar-refractivity contribution < 1.29 is 13.2 Å². The molecule has 2 aromatic carbocycles. The zero-order valence-corrected chi connectivity index (χ0v) is 15.6. The van der Waals surface area contributed by atoms with E-state index < -0.39 is 10.0 Å². The second kappa shape index (κ2) is 6.58. The highest BCUT2D eigenvalue weighted by molar-refractivity contribution is 9.10. The van der Waals surface area contributed by atoms with Crippen LogP contribution in [0.4, 0.5) is 5.69 Å². The lowest BCUT2D eigenvalue weighted by Crippen LogP contribution is -2.14. The Kier molecular flexibility index (Phi) is 4.67. The topological polar surface area (TPSA) is 68.3 Å². The number of anilines is 1. The minimum Gasteiger partial charge on any atom is -0.479 e. The van der Waals surface area contributed by atoms with E-state index in [2.05, 4.69) is 25.6 Å². The van der Waals surface area contributed by atoms with Crippen LogP contribution >= 0.6 is 27.5 Å². The number of pyridine rings is 1. The molecule has 1 N–H and O–H groups in total. The van der Waals surface area contributed by atoms with Gasteiger partial charge in [0.1, 0.15) is 5.69 Å². The van der Waals surface area contributed by atoms with Crippen LogP contribution in [0.15, 0.2) is 58.0 Å². The monoisotopic (exact) mass is 426 g/mol. The van der Waals surface area contributed by atoms with Gasteiger partial charge in [0.05, 0.1) is 12.0 Å². The molecule has 8 heteroatoms. The van der Waals surface area contributed by atoms with Crippen molar-refractivity contribution in [3.63, 3.8) is 0 Å². The third-order valence-corrected chi connectivity index (χ3v) is 5.52. The summed E-state index contributed by atoms with van der Waals surface area (Å²) in [6.45, 7) is 0. The van der Waals surface area contributed by atoms with E-state index in [-0.39, 0.29) is 16.5 Å². The van der Waals surface area contributed by atoms with E-state index in [0.29, 0.717) is 14.9 Å². The maximum atomic E-state index is 12.9. The molecule has 0 aliphatic carbocycles. The normalized spacial score (nSPS) is 11.5. The number of aromatic nitrogens is 1. The van der Waals surface area contributed by atoms with Crippen LogP contribution in [0, 0.1) is 0 Å². The number of nitrogens with one attached hydrogen (secondary N) is 1. The van der Waals surface area contributed by atoms with Gasteiger partial charge in [-0.2, -0.15) is 0 Å². The number of hydrogen-bond donors (Lipinski definition) is 1.